The summed E-state index contributed by atoms with van der Waals surface area (Å²) in [6, 6.07) is 0. The molecule has 0 heterocycles. The predicted molar refractivity (Wildman–Crippen MR) is 52.0 cm³/mol. The molecule has 0 aliphatic rings. The first-order chi connectivity index (χ1) is 5.22. The third-order valence-corrected chi connectivity index (χ3v) is 0.755. The molecule has 0 aromatic carbocycles. The SMILES string of the molecule is C#CC.C=C/C=C\C(=C)NC. The molecule has 0 rings (SSSR count). The second-order valence-electron chi connectivity index (χ2n) is 1.66. The van der Waals surface area contributed by atoms with Gasteiger partial charge in [-0.05, 0) is 13.0 Å². The minimum Gasteiger partial charge on any atom is -0.389 e. The number of hydrogen-bond donors (Lipinski definition) is 1. The van der Waals surface area contributed by atoms with Crippen LogP contribution in [0.4, 0.5) is 0 Å². The molecule has 0 saturated carbocycles. The van der Waals surface area contributed by atoms with E-state index in [9.17, 15) is 0 Å². The third-order valence-electron chi connectivity index (χ3n) is 0.755. The number of nitrogens with one attached hydrogen (secondary N) is 1. The van der Waals surface area contributed by atoms with Crippen molar-refractivity contribution < 1.29 is 0 Å². The smallest absolute Gasteiger partial charge is 0.0264 e. The van der Waals surface area contributed by atoms with Crippen LogP contribution >= 0.6 is 0 Å². The third kappa shape index (κ3) is 17.7. The largest absolute Gasteiger partial charge is 0.389 e. The van der Waals surface area contributed by atoms with Gasteiger partial charge in [0, 0.05) is 12.7 Å². The average Bonchev–Trinajstić information content (AvgIpc) is 2.02. The number of terminal acetylenes is 1. The number of hydrogen-bond acceptors (Lipinski definition) is 1. The van der Waals surface area contributed by atoms with Gasteiger partial charge in [-0.25, -0.2) is 0 Å². The standard InChI is InChI=1S/C7H11N.C3H4/c1-4-5-6-7(2)8-3;1-3-2/h4-6,8H,1-2H2,3H3;1H,2H3/b6-5-;. The molecule has 0 aromatic rings. The summed E-state index contributed by atoms with van der Waals surface area (Å²) in [4.78, 5) is 0. The Morgan fingerprint density at radius 3 is 2.36 bits per heavy atom. The number of allylic oxidation sites excluding steroid dienone is 3. The van der Waals surface area contributed by atoms with E-state index >= 15 is 0 Å². The van der Waals surface area contributed by atoms with Gasteiger partial charge < -0.3 is 5.32 Å². The van der Waals surface area contributed by atoms with E-state index in [-0.39, 0.29) is 0 Å². The Hall–Kier alpha value is -1.42. The van der Waals surface area contributed by atoms with E-state index in [0.717, 1.165) is 5.70 Å². The van der Waals surface area contributed by atoms with Crippen LogP contribution < -0.4 is 5.32 Å². The molecule has 0 spiro atoms. The molecule has 1 heteroatoms. The Labute approximate surface area is 69.5 Å². The molecule has 0 bridgehead atoms. The van der Waals surface area contributed by atoms with Crippen LogP contribution in [0.15, 0.2) is 37.1 Å². The molecule has 1 N–H and O–H groups in total. The molecular formula is C10H15N. The molecule has 0 radical (unpaired) electrons. The molecule has 0 fully saturated rings. The fraction of sp³-hybridized carbons (Fsp3) is 0.200. The first kappa shape index (κ1) is 12.3. The van der Waals surface area contributed by atoms with E-state index in [1.165, 1.54) is 0 Å². The summed E-state index contributed by atoms with van der Waals surface area (Å²) in [5.41, 5.74) is 0.893. The second-order valence-corrected chi connectivity index (χ2v) is 1.66. The summed E-state index contributed by atoms with van der Waals surface area (Å²) in [7, 11) is 1.83. The lowest BCUT2D eigenvalue weighted by atomic mass is 10.4. The van der Waals surface area contributed by atoms with Crippen molar-refractivity contribution in [1.29, 1.82) is 0 Å². The van der Waals surface area contributed by atoms with Crippen LogP contribution in [0.3, 0.4) is 0 Å². The maximum atomic E-state index is 4.60. The van der Waals surface area contributed by atoms with Crippen LogP contribution in [0.25, 0.3) is 0 Å². The van der Waals surface area contributed by atoms with Gasteiger partial charge in [0.2, 0.25) is 0 Å². The maximum absolute atomic E-state index is 4.60. The van der Waals surface area contributed by atoms with Gasteiger partial charge in [0.1, 0.15) is 0 Å². The highest BCUT2D eigenvalue weighted by atomic mass is 14.8. The summed E-state index contributed by atoms with van der Waals surface area (Å²) in [6.07, 6.45) is 9.99. The van der Waals surface area contributed by atoms with Crippen molar-refractivity contribution in [3.63, 3.8) is 0 Å². The zero-order chi connectivity index (χ0) is 9.11. The quantitative estimate of drug-likeness (QED) is 0.478. The van der Waals surface area contributed by atoms with Crippen molar-refractivity contribution in [2.45, 2.75) is 6.92 Å². The van der Waals surface area contributed by atoms with Crippen molar-refractivity contribution >= 4 is 0 Å². The maximum Gasteiger partial charge on any atom is 0.0264 e. The van der Waals surface area contributed by atoms with Gasteiger partial charge >= 0.3 is 0 Å². The van der Waals surface area contributed by atoms with E-state index in [1.54, 1.807) is 13.0 Å². The van der Waals surface area contributed by atoms with Crippen LogP contribution in [0.5, 0.6) is 0 Å². The number of likely N-dealkylation sites (N-methyl/N-ethyl adjacent to an activating group) is 1. The summed E-state index contributed by atoms with van der Waals surface area (Å²) < 4.78 is 0. The van der Waals surface area contributed by atoms with Gasteiger partial charge in [-0.3, -0.25) is 0 Å². The van der Waals surface area contributed by atoms with E-state index in [0.29, 0.717) is 0 Å². The monoisotopic (exact) mass is 149 g/mol. The Morgan fingerprint density at radius 1 is 1.64 bits per heavy atom. The second kappa shape index (κ2) is 11.4. The van der Waals surface area contributed by atoms with Gasteiger partial charge in [-0.2, -0.15) is 0 Å². The predicted octanol–water partition coefficient (Wildman–Crippen LogP) is 2.10. The molecule has 0 unspecified atom stereocenters. The minimum absolute atomic E-state index is 0.893. The summed E-state index contributed by atoms with van der Waals surface area (Å²) in [6.45, 7) is 8.83. The molecule has 0 amide bonds. The van der Waals surface area contributed by atoms with Crippen molar-refractivity contribution in [2.24, 2.45) is 0 Å². The van der Waals surface area contributed by atoms with Gasteiger partial charge in [-0.1, -0.05) is 25.3 Å². The molecule has 1 nitrogen and oxygen atoms in total. The molecule has 60 valence electrons. The Balaban J connectivity index is 0. The van der Waals surface area contributed by atoms with E-state index < -0.39 is 0 Å². The average molecular weight is 149 g/mol. The van der Waals surface area contributed by atoms with Crippen LogP contribution in [0.1, 0.15) is 6.92 Å². The zero-order valence-electron chi connectivity index (χ0n) is 7.22. The highest BCUT2D eigenvalue weighted by Crippen LogP contribution is 1.83. The van der Waals surface area contributed by atoms with Crippen LogP contribution in [0, 0.1) is 12.3 Å². The zero-order valence-corrected chi connectivity index (χ0v) is 7.22. The number of rotatable bonds is 3. The van der Waals surface area contributed by atoms with Gasteiger partial charge in [-0.15, -0.1) is 12.3 Å². The molecule has 0 aromatic heterocycles. The molecule has 0 saturated heterocycles. The highest BCUT2D eigenvalue weighted by molar-refractivity contribution is 5.15. The Kier molecular flexibility index (Phi) is 12.7. The normalized spacial score (nSPS) is 7.36. The molecule has 0 aliphatic heterocycles. The van der Waals surface area contributed by atoms with E-state index in [2.05, 4.69) is 30.8 Å². The highest BCUT2D eigenvalue weighted by Gasteiger charge is 1.72. The molecular weight excluding hydrogens is 134 g/mol. The summed E-state index contributed by atoms with van der Waals surface area (Å²) >= 11 is 0. The Bertz CT molecular complexity index is 170. The summed E-state index contributed by atoms with van der Waals surface area (Å²) in [5, 5.41) is 2.87. The summed E-state index contributed by atoms with van der Waals surface area (Å²) in [5.74, 6) is 2.25. The molecule has 0 aliphatic carbocycles. The molecule has 11 heavy (non-hydrogen) atoms. The van der Waals surface area contributed by atoms with Gasteiger partial charge in [0.25, 0.3) is 0 Å². The fourth-order valence-electron chi connectivity index (χ4n) is 0.268. The van der Waals surface area contributed by atoms with E-state index in [1.807, 2.05) is 19.2 Å². The van der Waals surface area contributed by atoms with Crippen molar-refractivity contribution in [1.82, 2.24) is 5.32 Å². The van der Waals surface area contributed by atoms with Crippen molar-refractivity contribution in [3.8, 4) is 12.3 Å². The van der Waals surface area contributed by atoms with Crippen LogP contribution in [-0.2, 0) is 0 Å². The van der Waals surface area contributed by atoms with Gasteiger partial charge in [0.05, 0.1) is 0 Å². The minimum atomic E-state index is 0.893. The van der Waals surface area contributed by atoms with Gasteiger partial charge in [0.15, 0.2) is 0 Å². The molecule has 0 atom stereocenters. The first-order valence-corrected chi connectivity index (χ1v) is 3.26. The Morgan fingerprint density at radius 2 is 2.09 bits per heavy atom. The van der Waals surface area contributed by atoms with Crippen molar-refractivity contribution in [2.75, 3.05) is 7.05 Å². The fourth-order valence-corrected chi connectivity index (χ4v) is 0.268. The lowest BCUT2D eigenvalue weighted by Crippen LogP contribution is -1.99. The van der Waals surface area contributed by atoms with E-state index in [4.69, 9.17) is 0 Å². The van der Waals surface area contributed by atoms with Crippen LogP contribution in [0.2, 0.25) is 0 Å². The topological polar surface area (TPSA) is 12.0 Å². The first-order valence-electron chi connectivity index (χ1n) is 3.26. The van der Waals surface area contributed by atoms with Crippen molar-refractivity contribution in [3.05, 3.63) is 37.1 Å². The lowest BCUT2D eigenvalue weighted by molar-refractivity contribution is 1.04. The lowest BCUT2D eigenvalue weighted by Gasteiger charge is -1.92. The van der Waals surface area contributed by atoms with Crippen LogP contribution in [-0.4, -0.2) is 7.05 Å².